The monoisotopic (exact) mass is 866 g/mol. The van der Waals surface area contributed by atoms with Gasteiger partial charge in [-0.3, -0.25) is 19.2 Å². The summed E-state index contributed by atoms with van der Waals surface area (Å²) < 4.78 is 10.9. The fourth-order valence-corrected chi connectivity index (χ4v) is 9.52. The lowest BCUT2D eigenvalue weighted by atomic mass is 9.86. The maximum absolute atomic E-state index is 13.3. The van der Waals surface area contributed by atoms with Gasteiger partial charge in [-0.2, -0.15) is 0 Å². The minimum atomic E-state index is -0.334. The standard InChI is InChI=1S/C31H39N5O3.C17H15N5O3/c37-25-14-24-13-23(11-12-27(24)39-19-25)15-33-31(38)30-29-28(34-20-35-30)26(16-32-29)36(17-21-7-3-1-4-8-21)18-22-9-5-2-6-10-22;18-12-6-19-15-14(12)21-8-22-16(15)17(24)20-5-9-1-2-13-10(3-9)4-11(23)7-25-13/h11-13,16,20-22,32H,1-10,14-15,17-19H2,(H,33,38);1-3,6,8,19H,4-5,7,18H2,(H,20,24). The second-order valence-corrected chi connectivity index (χ2v) is 17.5. The van der Waals surface area contributed by atoms with Crippen LogP contribution in [0.15, 0.2) is 61.4 Å². The number of H-pyrrole nitrogens is 2. The normalized spacial score (nSPS) is 16.5. The van der Waals surface area contributed by atoms with Gasteiger partial charge in [-0.1, -0.05) is 50.7 Å². The van der Waals surface area contributed by atoms with Gasteiger partial charge in [0.05, 0.1) is 22.4 Å². The molecule has 2 aromatic carbocycles. The first-order chi connectivity index (χ1) is 31.3. The summed E-state index contributed by atoms with van der Waals surface area (Å²) >= 11 is 0. The van der Waals surface area contributed by atoms with Crippen LogP contribution in [0, 0.1) is 11.8 Å². The number of amides is 2. The molecule has 64 heavy (non-hydrogen) atoms. The van der Waals surface area contributed by atoms with Crippen LogP contribution < -0.4 is 30.7 Å². The lowest BCUT2D eigenvalue weighted by Crippen LogP contribution is -2.35. The molecule has 6 aromatic rings. The third kappa shape index (κ3) is 9.70. The molecule has 4 aromatic heterocycles. The Bertz CT molecular complexity index is 2660. The Labute approximate surface area is 370 Å². The molecule has 0 radical (unpaired) electrons. The largest absolute Gasteiger partial charge is 0.486 e. The van der Waals surface area contributed by atoms with E-state index in [1.807, 2.05) is 42.6 Å². The second kappa shape index (κ2) is 19.3. The summed E-state index contributed by atoms with van der Waals surface area (Å²) in [6.45, 7) is 3.01. The predicted octanol–water partition coefficient (Wildman–Crippen LogP) is 6.33. The third-order valence-electron chi connectivity index (χ3n) is 12.8. The molecule has 16 heteroatoms. The van der Waals surface area contributed by atoms with Gasteiger partial charge in [0, 0.05) is 62.5 Å². The van der Waals surface area contributed by atoms with E-state index in [1.165, 1.54) is 76.9 Å². The van der Waals surface area contributed by atoms with Gasteiger partial charge in [0.2, 0.25) is 0 Å². The number of hydrogen-bond acceptors (Lipinski definition) is 12. The zero-order chi connectivity index (χ0) is 44.0. The van der Waals surface area contributed by atoms with E-state index in [2.05, 4.69) is 45.4 Å². The smallest absolute Gasteiger partial charge is 0.272 e. The average Bonchev–Trinajstić information content (AvgIpc) is 3.94. The van der Waals surface area contributed by atoms with Crippen LogP contribution >= 0.6 is 0 Å². The summed E-state index contributed by atoms with van der Waals surface area (Å²) in [7, 11) is 0. The van der Waals surface area contributed by atoms with Crippen molar-refractivity contribution in [1.82, 2.24) is 40.5 Å². The van der Waals surface area contributed by atoms with Crippen LogP contribution in [-0.2, 0) is 35.5 Å². The van der Waals surface area contributed by atoms with E-state index in [0.29, 0.717) is 71.4 Å². The number of hydrogen-bond donors (Lipinski definition) is 5. The maximum atomic E-state index is 13.3. The van der Waals surface area contributed by atoms with Crippen molar-refractivity contribution in [2.24, 2.45) is 11.8 Å². The van der Waals surface area contributed by atoms with Gasteiger partial charge >= 0.3 is 0 Å². The highest BCUT2D eigenvalue weighted by Crippen LogP contribution is 2.34. The number of nitrogen functional groups attached to an aromatic ring is 1. The SMILES string of the molecule is Nc1c[nH]c2c(C(=O)NCc3ccc4c(c3)CC(=O)CO4)ncnc12.O=C1COc2ccc(CNC(=O)c3ncnc4c(N(CC5CCCCC5)CC5CCCCC5)c[nH]c34)cc2C1. The van der Waals surface area contributed by atoms with Gasteiger partial charge < -0.3 is 40.7 Å². The maximum Gasteiger partial charge on any atom is 0.272 e. The van der Waals surface area contributed by atoms with Gasteiger partial charge in [-0.05, 0) is 72.9 Å². The first-order valence-corrected chi connectivity index (χ1v) is 22.5. The number of aromatic nitrogens is 6. The zero-order valence-corrected chi connectivity index (χ0v) is 35.9. The quantitative estimate of drug-likeness (QED) is 0.0964. The van der Waals surface area contributed by atoms with Crippen molar-refractivity contribution >= 4 is 56.8 Å². The zero-order valence-electron chi connectivity index (χ0n) is 35.9. The molecule has 2 fully saturated rings. The van der Waals surface area contributed by atoms with Crippen LogP contribution in [0.1, 0.15) is 107 Å². The average molecular weight is 867 g/mol. The number of nitrogens with one attached hydrogen (secondary N) is 4. The lowest BCUT2D eigenvalue weighted by Gasteiger charge is -2.34. The van der Waals surface area contributed by atoms with Gasteiger partial charge in [0.25, 0.3) is 11.8 Å². The molecule has 0 spiro atoms. The molecular weight excluding hydrogens is 813 g/mol. The topological polar surface area (TPSA) is 223 Å². The van der Waals surface area contributed by atoms with E-state index < -0.39 is 0 Å². The highest BCUT2D eigenvalue weighted by atomic mass is 16.5. The third-order valence-corrected chi connectivity index (χ3v) is 12.8. The minimum Gasteiger partial charge on any atom is -0.486 e. The van der Waals surface area contributed by atoms with Gasteiger partial charge in [0.15, 0.2) is 23.0 Å². The van der Waals surface area contributed by atoms with Crippen molar-refractivity contribution in [2.45, 2.75) is 90.1 Å². The van der Waals surface area contributed by atoms with Gasteiger partial charge in [-0.15, -0.1) is 0 Å². The van der Waals surface area contributed by atoms with Crippen LogP contribution in [-0.4, -0.2) is 79.6 Å². The fourth-order valence-electron chi connectivity index (χ4n) is 9.52. The van der Waals surface area contributed by atoms with Crippen LogP contribution in [0.5, 0.6) is 11.5 Å². The van der Waals surface area contributed by atoms with E-state index >= 15 is 0 Å². The van der Waals surface area contributed by atoms with Crippen molar-refractivity contribution in [3.8, 4) is 11.5 Å². The number of rotatable bonds is 11. The molecule has 6 N–H and O–H groups in total. The number of carbonyl (C=O) groups is 4. The number of benzene rings is 2. The number of ketones is 2. The molecule has 0 atom stereocenters. The molecule has 2 amide bonds. The summed E-state index contributed by atoms with van der Waals surface area (Å²) in [5, 5.41) is 5.83. The molecule has 2 aliphatic heterocycles. The van der Waals surface area contributed by atoms with Crippen LogP contribution in [0.4, 0.5) is 11.4 Å². The summed E-state index contributed by atoms with van der Waals surface area (Å²) in [5.41, 5.74) is 14.0. The molecule has 2 aliphatic carbocycles. The molecule has 0 bridgehead atoms. The Balaban J connectivity index is 0.000000178. The molecule has 2 saturated carbocycles. The summed E-state index contributed by atoms with van der Waals surface area (Å²) in [4.78, 5) is 74.9. The Morgan fingerprint density at radius 2 is 1.14 bits per heavy atom. The highest BCUT2D eigenvalue weighted by molar-refractivity contribution is 6.06. The van der Waals surface area contributed by atoms with Crippen molar-refractivity contribution in [2.75, 3.05) is 36.9 Å². The molecule has 6 heterocycles. The number of fused-ring (bicyclic) bond motifs is 4. The number of nitrogens with zero attached hydrogens (tertiary/aromatic N) is 5. The van der Waals surface area contributed by atoms with Crippen LogP contribution in [0.3, 0.4) is 0 Å². The molecule has 10 rings (SSSR count). The Morgan fingerprint density at radius 1 is 0.656 bits per heavy atom. The van der Waals surface area contributed by atoms with Crippen LogP contribution in [0.2, 0.25) is 0 Å². The Hall–Kier alpha value is -6.84. The Morgan fingerprint density at radius 3 is 1.67 bits per heavy atom. The number of aromatic amines is 2. The minimum absolute atomic E-state index is 0.0430. The molecule has 4 aliphatic rings. The van der Waals surface area contributed by atoms with E-state index in [-0.39, 0.29) is 42.3 Å². The molecular formula is C48H54N10O6. The number of carbonyl (C=O) groups excluding carboxylic acids is 4. The van der Waals surface area contributed by atoms with E-state index in [9.17, 15) is 19.2 Å². The molecule has 16 nitrogen and oxygen atoms in total. The number of nitrogens with two attached hydrogens (primary N) is 1. The summed E-state index contributed by atoms with van der Waals surface area (Å²) in [6.07, 6.45) is 20.4. The van der Waals surface area contributed by atoms with E-state index in [1.54, 1.807) is 6.20 Å². The summed E-state index contributed by atoms with van der Waals surface area (Å²) in [5.74, 6) is 2.42. The van der Waals surface area contributed by atoms with E-state index in [4.69, 9.17) is 15.2 Å². The first-order valence-electron chi connectivity index (χ1n) is 22.5. The van der Waals surface area contributed by atoms with Crippen molar-refractivity contribution < 1.29 is 28.7 Å². The fraction of sp³-hybridized carbons (Fsp3) is 0.417. The van der Waals surface area contributed by atoms with Gasteiger partial charge in [0.1, 0.15) is 48.4 Å². The van der Waals surface area contributed by atoms with Crippen molar-refractivity contribution in [1.29, 1.82) is 0 Å². The first kappa shape index (κ1) is 42.5. The molecule has 332 valence electrons. The molecule has 0 saturated heterocycles. The van der Waals surface area contributed by atoms with Crippen LogP contribution in [0.25, 0.3) is 22.1 Å². The number of anilines is 2. The predicted molar refractivity (Wildman–Crippen MR) is 241 cm³/mol. The van der Waals surface area contributed by atoms with E-state index in [0.717, 1.165) is 52.3 Å². The summed E-state index contributed by atoms with van der Waals surface area (Å²) in [6, 6.07) is 11.3. The number of ether oxygens (including phenoxy) is 2. The highest BCUT2D eigenvalue weighted by Gasteiger charge is 2.26. The molecule has 0 unspecified atom stereocenters. The lowest BCUT2D eigenvalue weighted by molar-refractivity contribution is -0.122. The van der Waals surface area contributed by atoms with Gasteiger partial charge in [-0.25, -0.2) is 19.9 Å². The number of Topliss-reactive ketones (excluding diaryl/α,β-unsaturated/α-hetero) is 2. The van der Waals surface area contributed by atoms with Crippen molar-refractivity contribution in [3.05, 3.63) is 95.1 Å². The Kier molecular flexibility index (Phi) is 12.8. The van der Waals surface area contributed by atoms with Crippen molar-refractivity contribution in [3.63, 3.8) is 0 Å². The second-order valence-electron chi connectivity index (χ2n) is 17.5.